The highest BCUT2D eigenvalue weighted by molar-refractivity contribution is 6.99. The lowest BCUT2D eigenvalue weighted by Crippen LogP contribution is -2.49. The van der Waals surface area contributed by atoms with Crippen molar-refractivity contribution >= 4 is 23.5 Å². The first-order chi connectivity index (χ1) is 11.0. The van der Waals surface area contributed by atoms with E-state index >= 15 is 0 Å². The predicted octanol–water partition coefficient (Wildman–Crippen LogP) is 1.72. The zero-order valence-electron chi connectivity index (χ0n) is 13.6. The Morgan fingerprint density at radius 3 is 2.57 bits per heavy atom. The van der Waals surface area contributed by atoms with Gasteiger partial charge in [0.1, 0.15) is 11.6 Å². The molecule has 1 saturated heterocycles. The van der Waals surface area contributed by atoms with Gasteiger partial charge in [-0.05, 0) is 6.92 Å². The molecule has 8 heteroatoms. The average molecular weight is 332 g/mol. The fourth-order valence-corrected chi connectivity index (χ4v) is 2.96. The number of amides is 1. The summed E-state index contributed by atoms with van der Waals surface area (Å²) in [5.41, 5.74) is 1.41. The SMILES string of the molecule is Cc1cc(N2CCN(C(=O)c3cnsn3)CC2)nc(C(C)C)n1. The second kappa shape index (κ2) is 6.57. The van der Waals surface area contributed by atoms with Crippen LogP contribution in [0.5, 0.6) is 0 Å². The van der Waals surface area contributed by atoms with E-state index in [4.69, 9.17) is 0 Å². The van der Waals surface area contributed by atoms with Gasteiger partial charge >= 0.3 is 0 Å². The maximum absolute atomic E-state index is 12.3. The van der Waals surface area contributed by atoms with Crippen molar-refractivity contribution in [2.24, 2.45) is 0 Å². The highest BCUT2D eigenvalue weighted by Crippen LogP contribution is 2.19. The zero-order chi connectivity index (χ0) is 16.4. The third-order valence-electron chi connectivity index (χ3n) is 3.85. The standard InChI is InChI=1S/C15H20N6OS/c1-10(2)14-17-11(3)8-13(18-14)20-4-6-21(7-5-20)15(22)12-9-16-23-19-12/h8-10H,4-7H2,1-3H3. The first kappa shape index (κ1) is 15.8. The van der Waals surface area contributed by atoms with Crippen LogP contribution in [0.1, 0.15) is 41.8 Å². The van der Waals surface area contributed by atoms with E-state index in [9.17, 15) is 4.79 Å². The number of hydrogen-bond donors (Lipinski definition) is 0. The van der Waals surface area contributed by atoms with Crippen LogP contribution in [0, 0.1) is 6.92 Å². The van der Waals surface area contributed by atoms with Crippen LogP contribution in [0.15, 0.2) is 12.3 Å². The number of carbonyl (C=O) groups excluding carboxylic acids is 1. The predicted molar refractivity (Wildman–Crippen MR) is 88.9 cm³/mol. The molecule has 0 saturated carbocycles. The van der Waals surface area contributed by atoms with Gasteiger partial charge in [0.05, 0.1) is 17.9 Å². The van der Waals surface area contributed by atoms with E-state index in [-0.39, 0.29) is 5.91 Å². The minimum Gasteiger partial charge on any atom is -0.353 e. The van der Waals surface area contributed by atoms with Crippen LogP contribution >= 0.6 is 11.7 Å². The number of carbonyl (C=O) groups is 1. The van der Waals surface area contributed by atoms with Crippen molar-refractivity contribution in [3.63, 3.8) is 0 Å². The molecular weight excluding hydrogens is 312 g/mol. The van der Waals surface area contributed by atoms with E-state index in [0.717, 1.165) is 42.2 Å². The normalized spacial score (nSPS) is 15.3. The molecular formula is C15H20N6OS. The van der Waals surface area contributed by atoms with E-state index in [1.54, 1.807) is 0 Å². The topological polar surface area (TPSA) is 75.1 Å². The number of rotatable bonds is 3. The van der Waals surface area contributed by atoms with E-state index < -0.39 is 0 Å². The number of aromatic nitrogens is 4. The summed E-state index contributed by atoms with van der Waals surface area (Å²) in [7, 11) is 0. The van der Waals surface area contributed by atoms with Crippen molar-refractivity contribution in [3.8, 4) is 0 Å². The van der Waals surface area contributed by atoms with Gasteiger partial charge in [0.2, 0.25) is 0 Å². The minimum atomic E-state index is -0.0415. The summed E-state index contributed by atoms with van der Waals surface area (Å²) < 4.78 is 7.91. The summed E-state index contributed by atoms with van der Waals surface area (Å²) in [4.78, 5) is 25.5. The number of aryl methyl sites for hydroxylation is 1. The maximum Gasteiger partial charge on any atom is 0.275 e. The molecule has 1 amide bonds. The second-order valence-corrected chi connectivity index (χ2v) is 6.51. The Balaban J connectivity index is 1.68. The van der Waals surface area contributed by atoms with Crippen molar-refractivity contribution in [3.05, 3.63) is 29.5 Å². The third-order valence-corrected chi connectivity index (χ3v) is 4.32. The molecule has 2 aromatic heterocycles. The summed E-state index contributed by atoms with van der Waals surface area (Å²) in [6, 6.07) is 2.01. The maximum atomic E-state index is 12.3. The molecule has 0 unspecified atom stereocenters. The molecule has 3 heterocycles. The molecule has 2 aromatic rings. The Morgan fingerprint density at radius 2 is 1.96 bits per heavy atom. The highest BCUT2D eigenvalue weighted by Gasteiger charge is 2.24. The zero-order valence-corrected chi connectivity index (χ0v) is 14.4. The molecule has 0 spiro atoms. The van der Waals surface area contributed by atoms with Gasteiger partial charge < -0.3 is 9.80 Å². The first-order valence-corrected chi connectivity index (χ1v) is 8.45. The molecule has 0 atom stereocenters. The number of anilines is 1. The lowest BCUT2D eigenvalue weighted by atomic mass is 10.2. The Hall–Kier alpha value is -2.09. The van der Waals surface area contributed by atoms with Gasteiger partial charge in [-0.15, -0.1) is 0 Å². The van der Waals surface area contributed by atoms with Gasteiger partial charge in [-0.2, -0.15) is 8.75 Å². The number of nitrogens with zero attached hydrogens (tertiary/aromatic N) is 6. The lowest BCUT2D eigenvalue weighted by molar-refractivity contribution is 0.0741. The van der Waals surface area contributed by atoms with E-state index in [1.807, 2.05) is 17.9 Å². The van der Waals surface area contributed by atoms with Crippen molar-refractivity contribution in [1.82, 2.24) is 23.6 Å². The molecule has 0 N–H and O–H groups in total. The van der Waals surface area contributed by atoms with Gasteiger partial charge in [-0.3, -0.25) is 4.79 Å². The van der Waals surface area contributed by atoms with Gasteiger partial charge in [0.15, 0.2) is 5.69 Å². The fourth-order valence-electron chi connectivity index (χ4n) is 2.55. The quantitative estimate of drug-likeness (QED) is 0.852. The third kappa shape index (κ3) is 3.47. The molecule has 0 radical (unpaired) electrons. The fraction of sp³-hybridized carbons (Fsp3) is 0.533. The first-order valence-electron chi connectivity index (χ1n) is 7.72. The largest absolute Gasteiger partial charge is 0.353 e. The van der Waals surface area contributed by atoms with Gasteiger partial charge in [0, 0.05) is 43.9 Å². The molecule has 1 fully saturated rings. The Kier molecular flexibility index (Phi) is 4.51. The summed E-state index contributed by atoms with van der Waals surface area (Å²) in [5, 5.41) is 0. The van der Waals surface area contributed by atoms with Crippen LogP contribution in [0.4, 0.5) is 5.82 Å². The Morgan fingerprint density at radius 1 is 1.22 bits per heavy atom. The van der Waals surface area contributed by atoms with E-state index in [2.05, 4.69) is 37.5 Å². The summed E-state index contributed by atoms with van der Waals surface area (Å²) in [6.45, 7) is 9.03. The molecule has 7 nitrogen and oxygen atoms in total. The van der Waals surface area contributed by atoms with E-state index in [1.165, 1.54) is 6.20 Å². The van der Waals surface area contributed by atoms with Crippen LogP contribution in [0.25, 0.3) is 0 Å². The summed E-state index contributed by atoms with van der Waals surface area (Å²) >= 11 is 1.06. The molecule has 1 aliphatic heterocycles. The number of piperazine rings is 1. The second-order valence-electron chi connectivity index (χ2n) is 5.95. The van der Waals surface area contributed by atoms with Crippen LogP contribution in [0.3, 0.4) is 0 Å². The lowest BCUT2D eigenvalue weighted by Gasteiger charge is -2.35. The van der Waals surface area contributed by atoms with Crippen LogP contribution < -0.4 is 4.90 Å². The Bertz CT molecular complexity index is 679. The highest BCUT2D eigenvalue weighted by atomic mass is 32.1. The monoisotopic (exact) mass is 332 g/mol. The molecule has 3 rings (SSSR count). The van der Waals surface area contributed by atoms with Crippen molar-refractivity contribution in [1.29, 1.82) is 0 Å². The molecule has 0 bridgehead atoms. The van der Waals surface area contributed by atoms with Crippen molar-refractivity contribution in [2.75, 3.05) is 31.1 Å². The van der Waals surface area contributed by atoms with Gasteiger partial charge in [-0.1, -0.05) is 13.8 Å². The average Bonchev–Trinajstić information content (AvgIpc) is 3.08. The number of hydrogen-bond acceptors (Lipinski definition) is 7. The van der Waals surface area contributed by atoms with Crippen LogP contribution in [0.2, 0.25) is 0 Å². The molecule has 122 valence electrons. The smallest absolute Gasteiger partial charge is 0.275 e. The molecule has 0 aliphatic carbocycles. The van der Waals surface area contributed by atoms with Crippen molar-refractivity contribution in [2.45, 2.75) is 26.7 Å². The van der Waals surface area contributed by atoms with E-state index in [0.29, 0.717) is 24.7 Å². The Labute approximate surface area is 139 Å². The molecule has 0 aromatic carbocycles. The van der Waals surface area contributed by atoms with Crippen LogP contribution in [-0.2, 0) is 0 Å². The van der Waals surface area contributed by atoms with Gasteiger partial charge in [0.25, 0.3) is 5.91 Å². The minimum absolute atomic E-state index is 0.0415. The van der Waals surface area contributed by atoms with Crippen molar-refractivity contribution < 1.29 is 4.79 Å². The molecule has 23 heavy (non-hydrogen) atoms. The summed E-state index contributed by atoms with van der Waals surface area (Å²) in [6.07, 6.45) is 1.53. The van der Waals surface area contributed by atoms with Gasteiger partial charge in [-0.25, -0.2) is 9.97 Å². The summed E-state index contributed by atoms with van der Waals surface area (Å²) in [5.74, 6) is 2.07. The molecule has 1 aliphatic rings. The van der Waals surface area contributed by atoms with Crippen LogP contribution in [-0.4, -0.2) is 55.7 Å².